The molecule has 4 rings (SSSR count). The highest BCUT2D eigenvalue weighted by atomic mass is 16.4. The Bertz CT molecular complexity index is 1130. The number of hydrazine groups is 1. The Morgan fingerprint density at radius 2 is 1.88 bits per heavy atom. The molecule has 0 saturated heterocycles. The Labute approximate surface area is 199 Å². The van der Waals surface area contributed by atoms with E-state index in [9.17, 15) is 10.0 Å². The van der Waals surface area contributed by atoms with Crippen LogP contribution in [0.1, 0.15) is 56.6 Å². The molecule has 1 fully saturated rings. The SMILES string of the molecule is CCC/C(=N\O)C1=NC2(CCCC2)C(=O)N1Cc1ccc(-c2ccccc2/C(N)=N/NN)cc1. The van der Waals surface area contributed by atoms with Gasteiger partial charge in [-0.2, -0.15) is 0 Å². The Morgan fingerprint density at radius 1 is 1.18 bits per heavy atom. The molecule has 1 heterocycles. The molecule has 0 atom stereocenters. The fourth-order valence-corrected chi connectivity index (χ4v) is 4.81. The predicted molar refractivity (Wildman–Crippen MR) is 133 cm³/mol. The molecule has 0 radical (unpaired) electrons. The molecule has 0 unspecified atom stereocenters. The first-order valence-electron chi connectivity index (χ1n) is 11.6. The van der Waals surface area contributed by atoms with Gasteiger partial charge in [-0.15, -0.1) is 5.10 Å². The summed E-state index contributed by atoms with van der Waals surface area (Å²) >= 11 is 0. The van der Waals surface area contributed by atoms with Gasteiger partial charge in [-0.05, 0) is 36.0 Å². The monoisotopic (exact) mass is 461 g/mol. The first-order chi connectivity index (χ1) is 16.5. The lowest BCUT2D eigenvalue weighted by Gasteiger charge is -2.23. The molecule has 6 N–H and O–H groups in total. The number of amides is 1. The number of nitrogens with one attached hydrogen (secondary N) is 1. The van der Waals surface area contributed by atoms with E-state index in [0.29, 0.717) is 30.3 Å². The molecule has 1 spiro atoms. The third kappa shape index (κ3) is 4.38. The molecular formula is C25H31N7O2. The lowest BCUT2D eigenvalue weighted by atomic mass is 9.97. The molecule has 1 saturated carbocycles. The molecule has 1 aliphatic carbocycles. The summed E-state index contributed by atoms with van der Waals surface area (Å²) in [7, 11) is 0. The third-order valence-electron chi connectivity index (χ3n) is 6.51. The van der Waals surface area contributed by atoms with Gasteiger partial charge in [0.1, 0.15) is 11.3 Å². The van der Waals surface area contributed by atoms with Crippen LogP contribution in [0.15, 0.2) is 63.8 Å². The van der Waals surface area contributed by atoms with E-state index in [1.165, 1.54) is 0 Å². The van der Waals surface area contributed by atoms with E-state index in [1.807, 2.05) is 55.5 Å². The van der Waals surface area contributed by atoms with E-state index >= 15 is 0 Å². The molecule has 178 valence electrons. The van der Waals surface area contributed by atoms with Gasteiger partial charge >= 0.3 is 0 Å². The smallest absolute Gasteiger partial charge is 0.256 e. The summed E-state index contributed by atoms with van der Waals surface area (Å²) in [6, 6.07) is 15.6. The van der Waals surface area contributed by atoms with E-state index in [2.05, 4.69) is 15.8 Å². The van der Waals surface area contributed by atoms with Gasteiger partial charge in [-0.3, -0.25) is 9.69 Å². The van der Waals surface area contributed by atoms with Gasteiger partial charge in [0.2, 0.25) is 0 Å². The van der Waals surface area contributed by atoms with Crippen molar-refractivity contribution in [3.05, 3.63) is 59.7 Å². The second kappa shape index (κ2) is 10.0. The van der Waals surface area contributed by atoms with E-state index in [1.54, 1.807) is 4.90 Å². The van der Waals surface area contributed by atoms with Crippen LogP contribution in [0.2, 0.25) is 0 Å². The number of carbonyl (C=O) groups is 1. The number of oxime groups is 1. The fourth-order valence-electron chi connectivity index (χ4n) is 4.81. The zero-order valence-electron chi connectivity index (χ0n) is 19.4. The summed E-state index contributed by atoms with van der Waals surface area (Å²) in [6.45, 7) is 2.38. The van der Waals surface area contributed by atoms with Gasteiger partial charge in [0, 0.05) is 5.56 Å². The minimum absolute atomic E-state index is 0.00458. The van der Waals surface area contributed by atoms with Crippen molar-refractivity contribution < 1.29 is 10.0 Å². The van der Waals surface area contributed by atoms with Crippen LogP contribution in [0.5, 0.6) is 0 Å². The van der Waals surface area contributed by atoms with E-state index < -0.39 is 5.54 Å². The number of hydrogen-bond acceptors (Lipinski definition) is 7. The van der Waals surface area contributed by atoms with Crippen LogP contribution in [0.25, 0.3) is 11.1 Å². The highest BCUT2D eigenvalue weighted by molar-refractivity contribution is 6.45. The van der Waals surface area contributed by atoms with Crippen LogP contribution in [-0.4, -0.2) is 38.9 Å². The van der Waals surface area contributed by atoms with Crippen molar-refractivity contribution in [1.82, 2.24) is 10.4 Å². The maximum Gasteiger partial charge on any atom is 0.256 e. The maximum atomic E-state index is 13.5. The lowest BCUT2D eigenvalue weighted by molar-refractivity contribution is -0.131. The number of hydrogen-bond donors (Lipinski definition) is 4. The van der Waals surface area contributed by atoms with Crippen molar-refractivity contribution >= 4 is 23.3 Å². The molecule has 2 aromatic carbocycles. The van der Waals surface area contributed by atoms with Crippen molar-refractivity contribution in [2.75, 3.05) is 0 Å². The van der Waals surface area contributed by atoms with Crippen LogP contribution in [0.3, 0.4) is 0 Å². The molecular weight excluding hydrogens is 430 g/mol. The normalized spacial score (nSPS) is 18.0. The molecule has 0 bridgehead atoms. The molecule has 1 amide bonds. The second-order valence-corrected chi connectivity index (χ2v) is 8.73. The minimum Gasteiger partial charge on any atom is -0.411 e. The van der Waals surface area contributed by atoms with Crippen LogP contribution < -0.4 is 17.1 Å². The number of aliphatic imine (C=N–C) groups is 1. The highest BCUT2D eigenvalue weighted by Crippen LogP contribution is 2.40. The molecule has 2 aromatic rings. The second-order valence-electron chi connectivity index (χ2n) is 8.73. The van der Waals surface area contributed by atoms with Crippen LogP contribution in [-0.2, 0) is 11.3 Å². The molecule has 9 heteroatoms. The van der Waals surface area contributed by atoms with Gasteiger partial charge in [-0.1, -0.05) is 79.9 Å². The molecule has 34 heavy (non-hydrogen) atoms. The number of hydrazone groups is 1. The highest BCUT2D eigenvalue weighted by Gasteiger charge is 2.50. The average molecular weight is 462 g/mol. The van der Waals surface area contributed by atoms with Gasteiger partial charge in [0.05, 0.1) is 6.54 Å². The largest absolute Gasteiger partial charge is 0.411 e. The zero-order valence-corrected chi connectivity index (χ0v) is 19.4. The fraction of sp³-hybridized carbons (Fsp3) is 0.360. The predicted octanol–water partition coefficient (Wildman–Crippen LogP) is 3.12. The molecule has 1 aliphatic heterocycles. The van der Waals surface area contributed by atoms with Crippen molar-refractivity contribution in [2.24, 2.45) is 26.8 Å². The summed E-state index contributed by atoms with van der Waals surface area (Å²) in [4.78, 5) is 20.0. The maximum absolute atomic E-state index is 13.5. The van der Waals surface area contributed by atoms with E-state index in [-0.39, 0.29) is 5.91 Å². The summed E-state index contributed by atoms with van der Waals surface area (Å²) in [5.41, 5.74) is 11.7. The van der Waals surface area contributed by atoms with Gasteiger partial charge in [0.15, 0.2) is 11.7 Å². The number of nitrogens with two attached hydrogens (primary N) is 2. The quantitative estimate of drug-likeness (QED) is 0.157. The lowest BCUT2D eigenvalue weighted by Crippen LogP contribution is -2.42. The summed E-state index contributed by atoms with van der Waals surface area (Å²) in [6.07, 6.45) is 4.81. The first-order valence-corrected chi connectivity index (χ1v) is 11.6. The minimum atomic E-state index is -0.703. The average Bonchev–Trinajstić information content (AvgIpc) is 3.44. The van der Waals surface area contributed by atoms with Crippen molar-refractivity contribution in [1.29, 1.82) is 0 Å². The van der Waals surface area contributed by atoms with Gasteiger partial charge < -0.3 is 10.9 Å². The summed E-state index contributed by atoms with van der Waals surface area (Å²) < 4.78 is 0. The first kappa shape index (κ1) is 23.4. The standard InChI is InChI=1S/C25H31N7O2/c1-2-7-21(30-34)23-28-25(14-5-6-15-25)24(33)32(23)16-17-10-12-18(13-11-17)19-8-3-4-9-20(19)22(26)29-31-27/h3-4,8-13,31,34H,2,5-7,14-16,27H2,1H3,(H2,26,29)/b30-21+. The van der Waals surface area contributed by atoms with Crippen molar-refractivity contribution in [2.45, 2.75) is 57.5 Å². The molecule has 9 nitrogen and oxygen atoms in total. The van der Waals surface area contributed by atoms with Crippen molar-refractivity contribution in [3.63, 3.8) is 0 Å². The number of carbonyl (C=O) groups excluding carboxylic acids is 1. The van der Waals surface area contributed by atoms with Gasteiger partial charge in [-0.25, -0.2) is 16.4 Å². The van der Waals surface area contributed by atoms with E-state index in [0.717, 1.165) is 54.4 Å². The summed E-state index contributed by atoms with van der Waals surface area (Å²) in [5, 5.41) is 17.0. The van der Waals surface area contributed by atoms with Crippen LogP contribution in [0, 0.1) is 0 Å². The number of rotatable bonds is 8. The van der Waals surface area contributed by atoms with E-state index in [4.69, 9.17) is 16.6 Å². The molecule has 0 aromatic heterocycles. The molecule has 2 aliphatic rings. The Hall–Kier alpha value is -3.72. The summed E-state index contributed by atoms with van der Waals surface area (Å²) in [5.74, 6) is 6.08. The third-order valence-corrected chi connectivity index (χ3v) is 6.51. The topological polar surface area (TPSA) is 142 Å². The van der Waals surface area contributed by atoms with Gasteiger partial charge in [0.25, 0.3) is 5.91 Å². The zero-order chi connectivity index (χ0) is 24.1. The number of nitrogens with zero attached hydrogens (tertiary/aromatic N) is 4. The Balaban J connectivity index is 1.61. The van der Waals surface area contributed by atoms with Crippen LogP contribution in [0.4, 0.5) is 0 Å². The Kier molecular flexibility index (Phi) is 6.93. The van der Waals surface area contributed by atoms with Crippen molar-refractivity contribution in [3.8, 4) is 11.1 Å². The van der Waals surface area contributed by atoms with Crippen LogP contribution >= 0.6 is 0 Å². The number of amidine groups is 2. The number of benzene rings is 2. The Morgan fingerprint density at radius 3 is 2.53 bits per heavy atom.